The van der Waals surface area contributed by atoms with Gasteiger partial charge in [0.2, 0.25) is 0 Å². The van der Waals surface area contributed by atoms with Crippen molar-refractivity contribution >= 4 is 11.8 Å². The average Bonchev–Trinajstić information content (AvgIpc) is 2.25. The molecule has 0 radical (unpaired) electrons. The van der Waals surface area contributed by atoms with Gasteiger partial charge < -0.3 is 5.11 Å². The average molecular weight is 254 g/mol. The predicted molar refractivity (Wildman–Crippen MR) is 71.3 cm³/mol. The number of aliphatic carboxylic acids is 1. The van der Waals surface area contributed by atoms with Crippen molar-refractivity contribution < 1.29 is 14.7 Å². The van der Waals surface area contributed by atoms with E-state index in [1.54, 1.807) is 0 Å². The molecule has 3 atom stereocenters. The molecule has 0 heterocycles. The zero-order valence-corrected chi connectivity index (χ0v) is 11.8. The Kier molecular flexibility index (Phi) is 5.83. The molecule has 1 saturated carbocycles. The second-order valence-electron chi connectivity index (χ2n) is 6.23. The molecule has 3 nitrogen and oxygen atoms in total. The molecule has 0 spiro atoms. The summed E-state index contributed by atoms with van der Waals surface area (Å²) in [5.74, 6) is 1.60. The third kappa shape index (κ3) is 4.79. The predicted octanol–water partition coefficient (Wildman–Crippen LogP) is 3.52. The van der Waals surface area contributed by atoms with E-state index in [0.29, 0.717) is 24.2 Å². The summed E-state index contributed by atoms with van der Waals surface area (Å²) in [7, 11) is 0. The number of carboxylic acid groups (broad SMARTS) is 1. The van der Waals surface area contributed by atoms with Crippen molar-refractivity contribution in [3.8, 4) is 0 Å². The fourth-order valence-electron chi connectivity index (χ4n) is 3.34. The first-order chi connectivity index (χ1) is 8.40. The second-order valence-corrected chi connectivity index (χ2v) is 6.23. The minimum atomic E-state index is -1.00. The van der Waals surface area contributed by atoms with Crippen LogP contribution in [0.1, 0.15) is 59.3 Å². The summed E-state index contributed by atoms with van der Waals surface area (Å²) >= 11 is 0. The van der Waals surface area contributed by atoms with Crippen LogP contribution in [0.25, 0.3) is 0 Å². The number of hydrogen-bond acceptors (Lipinski definition) is 2. The van der Waals surface area contributed by atoms with Crippen molar-refractivity contribution in [2.75, 3.05) is 0 Å². The number of carboxylic acids is 1. The van der Waals surface area contributed by atoms with Crippen LogP contribution in [0.4, 0.5) is 0 Å². The summed E-state index contributed by atoms with van der Waals surface area (Å²) in [6.07, 6.45) is 4.75. The largest absolute Gasteiger partial charge is 0.481 e. The van der Waals surface area contributed by atoms with Crippen molar-refractivity contribution in [3.05, 3.63) is 0 Å². The molecule has 0 aromatic carbocycles. The summed E-state index contributed by atoms with van der Waals surface area (Å²) in [5.41, 5.74) is 0. The lowest BCUT2D eigenvalue weighted by molar-refractivity contribution is -0.140. The highest BCUT2D eigenvalue weighted by Gasteiger charge is 2.30. The number of hydrogen-bond donors (Lipinski definition) is 1. The maximum Gasteiger partial charge on any atom is 0.310 e. The van der Waals surface area contributed by atoms with Crippen molar-refractivity contribution in [2.45, 2.75) is 59.3 Å². The van der Waals surface area contributed by atoms with Crippen molar-refractivity contribution in [3.63, 3.8) is 0 Å². The van der Waals surface area contributed by atoms with E-state index >= 15 is 0 Å². The highest BCUT2D eigenvalue weighted by molar-refractivity contribution is 5.94. The fourth-order valence-corrected chi connectivity index (χ4v) is 3.34. The summed E-state index contributed by atoms with van der Waals surface area (Å²) in [5, 5.41) is 8.58. The van der Waals surface area contributed by atoms with Gasteiger partial charge in [-0.1, -0.05) is 27.2 Å². The van der Waals surface area contributed by atoms with Crippen molar-refractivity contribution in [1.82, 2.24) is 0 Å². The summed E-state index contributed by atoms with van der Waals surface area (Å²) < 4.78 is 0. The van der Waals surface area contributed by atoms with Gasteiger partial charge in [0.1, 0.15) is 12.2 Å². The van der Waals surface area contributed by atoms with Crippen LogP contribution in [0.15, 0.2) is 0 Å². The molecule has 3 unspecified atom stereocenters. The Morgan fingerprint density at radius 1 is 1.28 bits per heavy atom. The minimum absolute atomic E-state index is 0.122. The van der Waals surface area contributed by atoms with Crippen LogP contribution in [-0.2, 0) is 9.59 Å². The number of rotatable bonds is 6. The SMILES string of the molecule is CC1CCC(C(C)C)C(CCC(=O)CC(=O)O)C1. The number of carbonyl (C=O) groups is 2. The summed E-state index contributed by atoms with van der Waals surface area (Å²) in [6, 6.07) is 0. The molecule has 1 rings (SSSR count). The maximum atomic E-state index is 11.5. The van der Waals surface area contributed by atoms with Gasteiger partial charge in [-0.15, -0.1) is 0 Å². The van der Waals surface area contributed by atoms with E-state index in [2.05, 4.69) is 20.8 Å². The van der Waals surface area contributed by atoms with Gasteiger partial charge in [-0.05, 0) is 42.9 Å². The topological polar surface area (TPSA) is 54.4 Å². The Bertz CT molecular complexity index is 296. The molecular weight excluding hydrogens is 228 g/mol. The highest BCUT2D eigenvalue weighted by atomic mass is 16.4. The fraction of sp³-hybridized carbons (Fsp3) is 0.867. The van der Waals surface area contributed by atoms with Crippen LogP contribution in [0.2, 0.25) is 0 Å². The zero-order valence-electron chi connectivity index (χ0n) is 11.8. The number of carbonyl (C=O) groups excluding carboxylic acids is 1. The lowest BCUT2D eigenvalue weighted by Crippen LogP contribution is -2.28. The lowest BCUT2D eigenvalue weighted by atomic mass is 9.68. The van der Waals surface area contributed by atoms with E-state index < -0.39 is 5.97 Å². The zero-order chi connectivity index (χ0) is 13.7. The van der Waals surface area contributed by atoms with Gasteiger partial charge in [-0.2, -0.15) is 0 Å². The molecule has 0 amide bonds. The molecule has 0 aromatic heterocycles. The van der Waals surface area contributed by atoms with E-state index in [9.17, 15) is 9.59 Å². The Labute approximate surface area is 110 Å². The van der Waals surface area contributed by atoms with Gasteiger partial charge in [-0.25, -0.2) is 0 Å². The third-order valence-electron chi connectivity index (χ3n) is 4.30. The van der Waals surface area contributed by atoms with Gasteiger partial charge in [0, 0.05) is 6.42 Å². The lowest BCUT2D eigenvalue weighted by Gasteiger charge is -2.37. The van der Waals surface area contributed by atoms with Gasteiger partial charge in [0.15, 0.2) is 0 Å². The van der Waals surface area contributed by atoms with E-state index in [1.165, 1.54) is 19.3 Å². The first-order valence-electron chi connectivity index (χ1n) is 7.13. The minimum Gasteiger partial charge on any atom is -0.481 e. The van der Waals surface area contributed by atoms with Gasteiger partial charge in [-0.3, -0.25) is 9.59 Å². The summed E-state index contributed by atoms with van der Waals surface area (Å²) in [4.78, 5) is 21.9. The molecule has 0 aliphatic heterocycles. The van der Waals surface area contributed by atoms with E-state index in [-0.39, 0.29) is 12.2 Å². The number of Topliss-reactive ketones (excluding diaryl/α,β-unsaturated/α-hetero) is 1. The molecule has 0 bridgehead atoms. The third-order valence-corrected chi connectivity index (χ3v) is 4.30. The van der Waals surface area contributed by atoms with Crippen molar-refractivity contribution in [1.29, 1.82) is 0 Å². The van der Waals surface area contributed by atoms with Gasteiger partial charge in [0.05, 0.1) is 0 Å². The van der Waals surface area contributed by atoms with Crippen LogP contribution in [0.3, 0.4) is 0 Å². The van der Waals surface area contributed by atoms with Crippen LogP contribution in [-0.4, -0.2) is 16.9 Å². The molecule has 104 valence electrons. The first kappa shape index (κ1) is 15.2. The first-order valence-corrected chi connectivity index (χ1v) is 7.13. The smallest absolute Gasteiger partial charge is 0.310 e. The second kappa shape index (κ2) is 6.91. The van der Waals surface area contributed by atoms with Gasteiger partial charge >= 0.3 is 5.97 Å². The quantitative estimate of drug-likeness (QED) is 0.738. The Morgan fingerprint density at radius 3 is 2.50 bits per heavy atom. The van der Waals surface area contributed by atoms with E-state index in [4.69, 9.17) is 5.11 Å². The molecule has 18 heavy (non-hydrogen) atoms. The molecule has 1 aliphatic rings. The van der Waals surface area contributed by atoms with Crippen molar-refractivity contribution in [2.24, 2.45) is 23.7 Å². The Balaban J connectivity index is 2.46. The molecular formula is C15H26O3. The standard InChI is InChI=1S/C15H26O3/c1-10(2)14-7-4-11(3)8-12(14)5-6-13(16)9-15(17)18/h10-12,14H,4-9H2,1-3H3,(H,17,18). The molecule has 0 aromatic rings. The normalized spacial score (nSPS) is 28.3. The highest BCUT2D eigenvalue weighted by Crippen LogP contribution is 2.40. The number of ketones is 1. The van der Waals surface area contributed by atoms with Crippen LogP contribution >= 0.6 is 0 Å². The summed E-state index contributed by atoms with van der Waals surface area (Å²) in [6.45, 7) is 6.79. The molecule has 1 fully saturated rings. The van der Waals surface area contributed by atoms with Crippen LogP contribution in [0, 0.1) is 23.7 Å². The van der Waals surface area contributed by atoms with E-state index in [1.807, 2.05) is 0 Å². The molecule has 0 saturated heterocycles. The maximum absolute atomic E-state index is 11.5. The Hall–Kier alpha value is -0.860. The molecule has 1 aliphatic carbocycles. The van der Waals surface area contributed by atoms with Crippen LogP contribution < -0.4 is 0 Å². The van der Waals surface area contributed by atoms with Crippen LogP contribution in [0.5, 0.6) is 0 Å². The monoisotopic (exact) mass is 254 g/mol. The molecule has 1 N–H and O–H groups in total. The van der Waals surface area contributed by atoms with E-state index in [0.717, 1.165) is 12.3 Å². The molecule has 3 heteroatoms. The Morgan fingerprint density at radius 2 is 1.94 bits per heavy atom. The van der Waals surface area contributed by atoms with Gasteiger partial charge in [0.25, 0.3) is 0 Å².